The molecule has 134 valence electrons. The summed E-state index contributed by atoms with van der Waals surface area (Å²) in [5.74, 6) is -0.0563. The van der Waals surface area contributed by atoms with E-state index in [-0.39, 0.29) is 17.4 Å². The number of aliphatic hydroxyl groups is 1. The molecule has 0 heterocycles. The highest BCUT2D eigenvalue weighted by molar-refractivity contribution is 9.10. The summed E-state index contributed by atoms with van der Waals surface area (Å²) in [5.41, 5.74) is 3.13. The number of nitrogens with one attached hydrogen (secondary N) is 2. The maximum absolute atomic E-state index is 11.6. The highest BCUT2D eigenvalue weighted by atomic mass is 79.9. The molecule has 1 saturated carbocycles. The van der Waals surface area contributed by atoms with Gasteiger partial charge in [0.25, 0.3) is 0 Å². The fourth-order valence-corrected chi connectivity index (χ4v) is 4.16. The molecular formula is C19H29BrN2O2. The Hall–Kier alpha value is -0.910. The summed E-state index contributed by atoms with van der Waals surface area (Å²) in [6, 6.07) is 4.61. The second-order valence-electron chi connectivity index (χ2n) is 7.81. The van der Waals surface area contributed by atoms with Crippen LogP contribution in [0.3, 0.4) is 0 Å². The summed E-state index contributed by atoms with van der Waals surface area (Å²) in [4.78, 5) is 11.6. The van der Waals surface area contributed by atoms with E-state index in [1.54, 1.807) is 6.92 Å². The number of hydrogen-bond donors (Lipinski definition) is 3. The van der Waals surface area contributed by atoms with Gasteiger partial charge in [-0.05, 0) is 54.4 Å². The number of benzene rings is 1. The highest BCUT2D eigenvalue weighted by Crippen LogP contribution is 2.34. The van der Waals surface area contributed by atoms with Crippen molar-refractivity contribution in [3.63, 3.8) is 0 Å². The molecule has 1 aromatic carbocycles. The van der Waals surface area contributed by atoms with Gasteiger partial charge in [-0.1, -0.05) is 36.7 Å². The number of carbonyl (C=O) groups is 1. The summed E-state index contributed by atoms with van der Waals surface area (Å²) < 4.78 is 1.07. The van der Waals surface area contributed by atoms with Gasteiger partial charge in [0.2, 0.25) is 5.91 Å². The molecule has 0 spiro atoms. The van der Waals surface area contributed by atoms with Crippen LogP contribution in [0, 0.1) is 0 Å². The van der Waals surface area contributed by atoms with Gasteiger partial charge in [0.1, 0.15) is 0 Å². The summed E-state index contributed by atoms with van der Waals surface area (Å²) in [7, 11) is 0. The van der Waals surface area contributed by atoms with E-state index in [0.29, 0.717) is 12.6 Å². The van der Waals surface area contributed by atoms with Crippen molar-refractivity contribution in [2.45, 2.75) is 77.5 Å². The van der Waals surface area contributed by atoms with Gasteiger partial charge in [-0.15, -0.1) is 0 Å². The molecule has 0 aliphatic heterocycles. The van der Waals surface area contributed by atoms with Gasteiger partial charge in [0, 0.05) is 29.7 Å². The Kier molecular flexibility index (Phi) is 6.46. The fraction of sp³-hybridized carbons (Fsp3) is 0.632. The van der Waals surface area contributed by atoms with Crippen molar-refractivity contribution in [2.75, 3.05) is 5.32 Å². The van der Waals surface area contributed by atoms with Crippen LogP contribution in [-0.2, 0) is 16.8 Å². The lowest BCUT2D eigenvalue weighted by Crippen LogP contribution is -2.34. The van der Waals surface area contributed by atoms with Crippen molar-refractivity contribution >= 4 is 27.5 Å². The lowest BCUT2D eigenvalue weighted by Gasteiger charge is -2.27. The van der Waals surface area contributed by atoms with E-state index in [2.05, 4.69) is 59.5 Å². The molecule has 2 rings (SSSR count). The zero-order chi connectivity index (χ0) is 17.9. The highest BCUT2D eigenvalue weighted by Gasteiger charge is 2.22. The molecule has 4 nitrogen and oxygen atoms in total. The Morgan fingerprint density at radius 2 is 1.88 bits per heavy atom. The van der Waals surface area contributed by atoms with Crippen LogP contribution in [-0.4, -0.2) is 23.2 Å². The van der Waals surface area contributed by atoms with Crippen molar-refractivity contribution < 1.29 is 9.90 Å². The Morgan fingerprint density at radius 1 is 1.25 bits per heavy atom. The van der Waals surface area contributed by atoms with Gasteiger partial charge in [-0.3, -0.25) is 4.79 Å². The van der Waals surface area contributed by atoms with Crippen LogP contribution in [0.5, 0.6) is 0 Å². The topological polar surface area (TPSA) is 61.4 Å². The summed E-state index contributed by atoms with van der Waals surface area (Å²) in [6.45, 7) is 8.74. The van der Waals surface area contributed by atoms with Crippen molar-refractivity contribution in [1.29, 1.82) is 0 Å². The lowest BCUT2D eigenvalue weighted by atomic mass is 9.86. The Labute approximate surface area is 153 Å². The number of halogens is 1. The van der Waals surface area contributed by atoms with E-state index in [4.69, 9.17) is 0 Å². The van der Waals surface area contributed by atoms with E-state index >= 15 is 0 Å². The van der Waals surface area contributed by atoms with Gasteiger partial charge >= 0.3 is 0 Å². The van der Waals surface area contributed by atoms with Crippen LogP contribution < -0.4 is 10.6 Å². The average Bonchev–Trinajstić information content (AvgIpc) is 2.47. The zero-order valence-electron chi connectivity index (χ0n) is 15.1. The molecule has 1 aromatic rings. The molecule has 1 aliphatic rings. The van der Waals surface area contributed by atoms with Crippen molar-refractivity contribution in [3.05, 3.63) is 27.7 Å². The lowest BCUT2D eigenvalue weighted by molar-refractivity contribution is -0.114. The predicted molar refractivity (Wildman–Crippen MR) is 102 cm³/mol. The minimum absolute atomic E-state index is 0.00246. The first-order valence-electron chi connectivity index (χ1n) is 8.68. The van der Waals surface area contributed by atoms with Gasteiger partial charge in [0.05, 0.1) is 6.10 Å². The van der Waals surface area contributed by atoms with Crippen molar-refractivity contribution in [2.24, 2.45) is 0 Å². The second-order valence-corrected chi connectivity index (χ2v) is 8.66. The minimum Gasteiger partial charge on any atom is -0.393 e. The van der Waals surface area contributed by atoms with E-state index in [0.717, 1.165) is 41.4 Å². The molecule has 5 heteroatoms. The molecule has 24 heavy (non-hydrogen) atoms. The first-order chi connectivity index (χ1) is 11.2. The molecular weight excluding hydrogens is 368 g/mol. The standard InChI is InChI=1S/C19H29BrN2O2/c1-12(23)22-18-10-16(19(2,3)4)17(20)9-13(18)11-21-14-5-7-15(24)8-6-14/h9-10,14-15,21,24H,5-8,11H2,1-4H3,(H,22,23)/t14-,15-. The molecule has 1 aliphatic carbocycles. The van der Waals surface area contributed by atoms with Crippen molar-refractivity contribution in [3.8, 4) is 0 Å². The van der Waals surface area contributed by atoms with Crippen LogP contribution in [0.2, 0.25) is 0 Å². The summed E-state index contributed by atoms with van der Waals surface area (Å²) in [5, 5.41) is 16.2. The Balaban J connectivity index is 2.18. The van der Waals surface area contributed by atoms with E-state index in [9.17, 15) is 9.90 Å². The first-order valence-corrected chi connectivity index (χ1v) is 9.48. The first kappa shape index (κ1) is 19.4. The largest absolute Gasteiger partial charge is 0.393 e. The van der Waals surface area contributed by atoms with Crippen LogP contribution in [0.25, 0.3) is 0 Å². The molecule has 0 aromatic heterocycles. The zero-order valence-corrected chi connectivity index (χ0v) is 16.7. The van der Waals surface area contributed by atoms with Gasteiger partial charge in [0.15, 0.2) is 0 Å². The second kappa shape index (κ2) is 7.98. The average molecular weight is 397 g/mol. The number of rotatable bonds is 4. The third-order valence-corrected chi connectivity index (χ3v) is 5.25. The number of carbonyl (C=O) groups excluding carboxylic acids is 1. The molecule has 0 atom stereocenters. The molecule has 0 bridgehead atoms. The number of amides is 1. The Morgan fingerprint density at radius 3 is 2.42 bits per heavy atom. The van der Waals surface area contributed by atoms with Crippen LogP contribution >= 0.6 is 15.9 Å². The number of hydrogen-bond acceptors (Lipinski definition) is 3. The van der Waals surface area contributed by atoms with E-state index < -0.39 is 0 Å². The van der Waals surface area contributed by atoms with E-state index in [1.165, 1.54) is 5.56 Å². The molecule has 0 saturated heterocycles. The molecule has 0 unspecified atom stereocenters. The maximum atomic E-state index is 11.6. The molecule has 0 radical (unpaired) electrons. The summed E-state index contributed by atoms with van der Waals surface area (Å²) >= 11 is 3.68. The van der Waals surface area contributed by atoms with Gasteiger partial charge in [-0.25, -0.2) is 0 Å². The predicted octanol–water partition coefficient (Wildman–Crippen LogP) is 4.10. The van der Waals surface area contributed by atoms with Crippen LogP contribution in [0.4, 0.5) is 5.69 Å². The van der Waals surface area contributed by atoms with E-state index in [1.807, 2.05) is 0 Å². The van der Waals surface area contributed by atoms with Crippen molar-refractivity contribution in [1.82, 2.24) is 5.32 Å². The third kappa shape index (κ3) is 5.30. The van der Waals surface area contributed by atoms with Crippen LogP contribution in [0.1, 0.15) is 64.5 Å². The third-order valence-electron chi connectivity index (χ3n) is 4.59. The minimum atomic E-state index is -0.141. The SMILES string of the molecule is CC(=O)Nc1cc(C(C)(C)C)c(Br)cc1CN[C@H]1CC[C@H](O)CC1. The number of aliphatic hydroxyl groups excluding tert-OH is 1. The van der Waals surface area contributed by atoms with Gasteiger partial charge < -0.3 is 15.7 Å². The Bertz CT molecular complexity index is 588. The summed E-state index contributed by atoms with van der Waals surface area (Å²) in [6.07, 6.45) is 3.58. The maximum Gasteiger partial charge on any atom is 0.221 e. The molecule has 1 fully saturated rings. The fourth-order valence-electron chi connectivity index (χ4n) is 3.18. The number of anilines is 1. The monoisotopic (exact) mass is 396 g/mol. The smallest absolute Gasteiger partial charge is 0.221 e. The van der Waals surface area contributed by atoms with Gasteiger partial charge in [-0.2, -0.15) is 0 Å². The van der Waals surface area contributed by atoms with Crippen LogP contribution in [0.15, 0.2) is 16.6 Å². The normalized spacial score (nSPS) is 21.6. The quantitative estimate of drug-likeness (QED) is 0.717. The molecule has 1 amide bonds. The molecule has 3 N–H and O–H groups in total.